The van der Waals surface area contributed by atoms with Crippen molar-refractivity contribution in [2.24, 2.45) is 0 Å². The van der Waals surface area contributed by atoms with Gasteiger partial charge in [0.25, 0.3) is 0 Å². The molecule has 1 heterocycles. The van der Waals surface area contributed by atoms with Gasteiger partial charge in [-0.25, -0.2) is 0 Å². The summed E-state index contributed by atoms with van der Waals surface area (Å²) < 4.78 is 0. The van der Waals surface area contributed by atoms with Crippen molar-refractivity contribution < 1.29 is 0 Å². The molecular formula is C17H31N3S. The van der Waals surface area contributed by atoms with E-state index in [-0.39, 0.29) is 0 Å². The van der Waals surface area contributed by atoms with Crippen LogP contribution in [0.15, 0.2) is 18.3 Å². The Hall–Kier alpha value is -0.740. The lowest BCUT2D eigenvalue weighted by Crippen LogP contribution is -2.29. The summed E-state index contributed by atoms with van der Waals surface area (Å²) in [6.07, 6.45) is 7.62. The van der Waals surface area contributed by atoms with E-state index in [1.165, 1.54) is 17.9 Å². The highest BCUT2D eigenvalue weighted by molar-refractivity contribution is 7.98. The molecule has 2 atom stereocenters. The van der Waals surface area contributed by atoms with Gasteiger partial charge in [0, 0.05) is 19.1 Å². The molecule has 21 heavy (non-hydrogen) atoms. The van der Waals surface area contributed by atoms with E-state index in [9.17, 15) is 0 Å². The fourth-order valence-corrected chi connectivity index (χ4v) is 2.90. The molecule has 0 aromatic carbocycles. The van der Waals surface area contributed by atoms with E-state index in [0.717, 1.165) is 25.1 Å². The normalized spacial score (nSPS) is 14.0. The Kier molecular flexibility index (Phi) is 8.77. The van der Waals surface area contributed by atoms with Gasteiger partial charge in [-0.2, -0.15) is 11.8 Å². The fraction of sp³-hybridized carbons (Fsp3) is 0.706. The summed E-state index contributed by atoms with van der Waals surface area (Å²) in [4.78, 5) is 7.00. The van der Waals surface area contributed by atoms with Gasteiger partial charge in [0.05, 0.1) is 17.6 Å². The number of pyridine rings is 1. The van der Waals surface area contributed by atoms with Crippen molar-refractivity contribution in [3.8, 4) is 0 Å². The second-order valence-corrected chi connectivity index (χ2v) is 6.58. The Labute approximate surface area is 134 Å². The Morgan fingerprint density at radius 3 is 2.62 bits per heavy atom. The van der Waals surface area contributed by atoms with Crippen LogP contribution in [0.5, 0.6) is 0 Å². The van der Waals surface area contributed by atoms with Crippen LogP contribution in [0.1, 0.15) is 51.8 Å². The van der Waals surface area contributed by atoms with Crippen LogP contribution in [0.2, 0.25) is 0 Å². The molecule has 2 unspecified atom stereocenters. The van der Waals surface area contributed by atoms with E-state index in [1.54, 1.807) is 0 Å². The molecule has 1 rings (SSSR count). The summed E-state index contributed by atoms with van der Waals surface area (Å²) >= 11 is 1.91. The first-order chi connectivity index (χ1) is 10.1. The number of hydrogen-bond acceptors (Lipinski definition) is 4. The van der Waals surface area contributed by atoms with Gasteiger partial charge in [-0.3, -0.25) is 4.98 Å². The number of rotatable bonds is 10. The number of anilines is 1. The van der Waals surface area contributed by atoms with Crippen LogP contribution in [0.4, 0.5) is 5.69 Å². The molecule has 0 spiro atoms. The van der Waals surface area contributed by atoms with Crippen molar-refractivity contribution in [1.29, 1.82) is 0 Å². The first-order valence-corrected chi connectivity index (χ1v) is 9.44. The highest BCUT2D eigenvalue weighted by Gasteiger charge is 2.13. The van der Waals surface area contributed by atoms with Crippen LogP contribution < -0.4 is 10.2 Å². The molecule has 0 amide bonds. The Bertz CT molecular complexity index is 380. The van der Waals surface area contributed by atoms with E-state index in [2.05, 4.69) is 61.4 Å². The van der Waals surface area contributed by atoms with E-state index >= 15 is 0 Å². The van der Waals surface area contributed by atoms with E-state index in [4.69, 9.17) is 0 Å². The first-order valence-electron chi connectivity index (χ1n) is 8.05. The maximum Gasteiger partial charge on any atom is 0.0574 e. The van der Waals surface area contributed by atoms with Crippen LogP contribution in [0.3, 0.4) is 0 Å². The lowest BCUT2D eigenvalue weighted by atomic mass is 10.1. The van der Waals surface area contributed by atoms with Crippen molar-refractivity contribution in [2.75, 3.05) is 30.5 Å². The van der Waals surface area contributed by atoms with Gasteiger partial charge in [-0.05, 0) is 56.9 Å². The molecule has 4 heteroatoms. The molecule has 0 saturated carbocycles. The van der Waals surface area contributed by atoms with Gasteiger partial charge in [-0.15, -0.1) is 0 Å². The number of hydrogen-bond donors (Lipinski definition) is 1. The van der Waals surface area contributed by atoms with Crippen LogP contribution in [0.25, 0.3) is 0 Å². The van der Waals surface area contributed by atoms with Gasteiger partial charge in [0.2, 0.25) is 0 Å². The molecule has 0 bridgehead atoms. The zero-order chi connectivity index (χ0) is 15.7. The summed E-state index contributed by atoms with van der Waals surface area (Å²) in [5, 5.41) is 3.56. The molecule has 0 radical (unpaired) electrons. The van der Waals surface area contributed by atoms with Gasteiger partial charge in [0.15, 0.2) is 0 Å². The molecule has 120 valence electrons. The average Bonchev–Trinajstić information content (AvgIpc) is 2.53. The lowest BCUT2D eigenvalue weighted by molar-refractivity contribution is 0.507. The van der Waals surface area contributed by atoms with Crippen molar-refractivity contribution >= 4 is 17.4 Å². The molecular weight excluding hydrogens is 278 g/mol. The van der Waals surface area contributed by atoms with Crippen LogP contribution >= 0.6 is 11.8 Å². The maximum atomic E-state index is 4.68. The molecule has 1 N–H and O–H groups in total. The monoisotopic (exact) mass is 309 g/mol. The SMILES string of the molecule is CCCNC(CC)c1ccc(N(C)C(C)CCSC)cn1. The van der Waals surface area contributed by atoms with Crippen LogP contribution in [0, 0.1) is 0 Å². The zero-order valence-corrected chi connectivity index (χ0v) is 15.0. The summed E-state index contributed by atoms with van der Waals surface area (Å²) in [5.74, 6) is 1.20. The second kappa shape index (κ2) is 10.1. The predicted octanol–water partition coefficient (Wildman–Crippen LogP) is 4.11. The van der Waals surface area contributed by atoms with Gasteiger partial charge in [0.1, 0.15) is 0 Å². The summed E-state index contributed by atoms with van der Waals surface area (Å²) in [6.45, 7) is 7.73. The largest absolute Gasteiger partial charge is 0.371 e. The molecule has 1 aromatic heterocycles. The third-order valence-corrected chi connectivity index (χ3v) is 4.63. The minimum Gasteiger partial charge on any atom is -0.371 e. The molecule has 0 saturated heterocycles. The van der Waals surface area contributed by atoms with Crippen molar-refractivity contribution in [1.82, 2.24) is 10.3 Å². The van der Waals surface area contributed by atoms with E-state index in [1.807, 2.05) is 18.0 Å². The Morgan fingerprint density at radius 2 is 2.10 bits per heavy atom. The molecule has 0 aliphatic carbocycles. The minimum absolute atomic E-state index is 0.373. The Balaban J connectivity index is 2.67. The van der Waals surface area contributed by atoms with Crippen molar-refractivity contribution in [3.63, 3.8) is 0 Å². The highest BCUT2D eigenvalue weighted by Crippen LogP contribution is 2.20. The summed E-state index contributed by atoms with van der Waals surface area (Å²) in [5.41, 5.74) is 2.36. The number of nitrogens with zero attached hydrogens (tertiary/aromatic N) is 2. The molecule has 0 fully saturated rings. The van der Waals surface area contributed by atoms with Gasteiger partial charge in [-0.1, -0.05) is 13.8 Å². The summed E-state index contributed by atoms with van der Waals surface area (Å²) in [6, 6.07) is 5.29. The molecule has 0 aliphatic heterocycles. The Morgan fingerprint density at radius 1 is 1.33 bits per heavy atom. The quantitative estimate of drug-likeness (QED) is 0.704. The third kappa shape index (κ3) is 5.87. The molecule has 1 aromatic rings. The predicted molar refractivity (Wildman–Crippen MR) is 96.4 cm³/mol. The van der Waals surface area contributed by atoms with Gasteiger partial charge < -0.3 is 10.2 Å². The average molecular weight is 310 g/mol. The van der Waals surface area contributed by atoms with Gasteiger partial charge >= 0.3 is 0 Å². The maximum absolute atomic E-state index is 4.68. The summed E-state index contributed by atoms with van der Waals surface area (Å²) in [7, 11) is 2.16. The number of thioether (sulfide) groups is 1. The first kappa shape index (κ1) is 18.3. The fourth-order valence-electron chi connectivity index (χ4n) is 2.33. The minimum atomic E-state index is 0.373. The van der Waals surface area contributed by atoms with E-state index < -0.39 is 0 Å². The van der Waals surface area contributed by atoms with Crippen molar-refractivity contribution in [3.05, 3.63) is 24.0 Å². The number of nitrogens with one attached hydrogen (secondary N) is 1. The van der Waals surface area contributed by atoms with Crippen LogP contribution in [-0.2, 0) is 0 Å². The molecule has 3 nitrogen and oxygen atoms in total. The van der Waals surface area contributed by atoms with Crippen LogP contribution in [-0.4, -0.2) is 36.6 Å². The standard InChI is InChI=1S/C17H31N3S/c1-6-11-18-16(7-2)17-9-8-15(13-19-17)20(4)14(3)10-12-21-5/h8-9,13-14,16,18H,6-7,10-12H2,1-5H3. The molecule has 0 aliphatic rings. The highest BCUT2D eigenvalue weighted by atomic mass is 32.2. The van der Waals surface area contributed by atoms with E-state index in [0.29, 0.717) is 12.1 Å². The number of aromatic nitrogens is 1. The smallest absolute Gasteiger partial charge is 0.0574 e. The lowest BCUT2D eigenvalue weighted by Gasteiger charge is -2.27. The second-order valence-electron chi connectivity index (χ2n) is 5.60. The third-order valence-electron chi connectivity index (χ3n) is 3.98. The van der Waals surface area contributed by atoms with Crippen molar-refractivity contribution in [2.45, 2.75) is 52.1 Å². The topological polar surface area (TPSA) is 28.2 Å². The zero-order valence-electron chi connectivity index (χ0n) is 14.2.